The van der Waals surface area contributed by atoms with Crippen molar-refractivity contribution in [1.82, 2.24) is 14.5 Å². The number of benzene rings is 1. The van der Waals surface area contributed by atoms with E-state index >= 15 is 0 Å². The minimum Gasteiger partial charge on any atom is -0.481 e. The number of carboxylic acids is 1. The third kappa shape index (κ3) is 3.29. The topological polar surface area (TPSA) is 128 Å². The maximum atomic E-state index is 12.8. The van der Waals surface area contributed by atoms with Gasteiger partial charge in [-0.2, -0.15) is 0 Å². The lowest BCUT2D eigenvalue weighted by Crippen LogP contribution is -2.45. The van der Waals surface area contributed by atoms with Crippen LogP contribution in [0.1, 0.15) is 40.5 Å². The molecule has 5 rings (SSSR count). The first kappa shape index (κ1) is 19.7. The molecule has 3 heterocycles. The second-order valence-corrected chi connectivity index (χ2v) is 8.64. The normalized spacial score (nSPS) is 24.7. The molecule has 0 spiro atoms. The van der Waals surface area contributed by atoms with Crippen LogP contribution in [0, 0.1) is 11.8 Å². The van der Waals surface area contributed by atoms with E-state index < -0.39 is 17.9 Å². The molecule has 2 fully saturated rings. The first-order valence-corrected chi connectivity index (χ1v) is 10.4. The molecular formula is C22H24N4O5. The molecule has 9 nitrogen and oxygen atoms in total. The predicted molar refractivity (Wildman–Crippen MR) is 109 cm³/mol. The number of carbonyl (C=O) groups is 3. The summed E-state index contributed by atoms with van der Waals surface area (Å²) in [5, 5.41) is 8.94. The van der Waals surface area contributed by atoms with Gasteiger partial charge in [-0.25, -0.2) is 4.98 Å². The fourth-order valence-electron chi connectivity index (χ4n) is 5.02. The van der Waals surface area contributed by atoms with Gasteiger partial charge in [0.2, 0.25) is 5.91 Å². The number of primary amides is 1. The Morgan fingerprint density at radius 3 is 2.74 bits per heavy atom. The lowest BCUT2D eigenvalue weighted by atomic mass is 10.0. The Hall–Kier alpha value is -3.20. The van der Waals surface area contributed by atoms with Crippen LogP contribution in [0.15, 0.2) is 24.4 Å². The van der Waals surface area contributed by atoms with Gasteiger partial charge in [0.25, 0.3) is 5.91 Å². The van der Waals surface area contributed by atoms with E-state index in [2.05, 4.69) is 4.57 Å². The Morgan fingerprint density at radius 1 is 1.32 bits per heavy atom. The zero-order valence-electron chi connectivity index (χ0n) is 17.2. The number of nitrogens with two attached hydrogens (primary N) is 1. The molecule has 9 heteroatoms. The zero-order chi connectivity index (χ0) is 21.9. The van der Waals surface area contributed by atoms with Gasteiger partial charge in [-0.3, -0.25) is 14.4 Å². The molecule has 3 atom stereocenters. The fourth-order valence-corrected chi connectivity index (χ4v) is 5.02. The monoisotopic (exact) mass is 424 g/mol. The van der Waals surface area contributed by atoms with E-state index in [9.17, 15) is 14.4 Å². The fraction of sp³-hybridized carbons (Fsp3) is 0.455. The molecule has 2 aromatic rings. The van der Waals surface area contributed by atoms with Crippen molar-refractivity contribution < 1.29 is 24.2 Å². The average molecular weight is 424 g/mol. The molecule has 0 bridgehead atoms. The SMILES string of the molecule is Cn1cc(-c2ccc3c(c2)CN(C(CCC(=O)O)C(N)=O)C3=O)nc1C1C2COCC21. The molecule has 1 aromatic carbocycles. The molecule has 162 valence electrons. The van der Waals surface area contributed by atoms with Crippen molar-refractivity contribution in [1.29, 1.82) is 0 Å². The van der Waals surface area contributed by atoms with Crippen molar-refractivity contribution >= 4 is 17.8 Å². The van der Waals surface area contributed by atoms with Crippen LogP contribution in [0.5, 0.6) is 0 Å². The van der Waals surface area contributed by atoms with Gasteiger partial charge >= 0.3 is 5.97 Å². The third-order valence-corrected chi connectivity index (χ3v) is 6.73. The van der Waals surface area contributed by atoms with Gasteiger partial charge in [0, 0.05) is 43.3 Å². The molecule has 3 aliphatic rings. The second-order valence-electron chi connectivity index (χ2n) is 8.64. The molecular weight excluding hydrogens is 400 g/mol. The summed E-state index contributed by atoms with van der Waals surface area (Å²) in [6, 6.07) is 4.58. The number of aliphatic carboxylic acids is 1. The molecule has 1 saturated carbocycles. The first-order chi connectivity index (χ1) is 14.8. The molecule has 2 amide bonds. The molecule has 3 unspecified atom stereocenters. The summed E-state index contributed by atoms with van der Waals surface area (Å²) in [7, 11) is 2.00. The van der Waals surface area contributed by atoms with Crippen LogP contribution in [0.3, 0.4) is 0 Å². The highest BCUT2D eigenvalue weighted by atomic mass is 16.5. The summed E-state index contributed by atoms with van der Waals surface area (Å²) >= 11 is 0. The third-order valence-electron chi connectivity index (χ3n) is 6.73. The van der Waals surface area contributed by atoms with E-state index in [4.69, 9.17) is 20.6 Å². The average Bonchev–Trinajstić information content (AvgIpc) is 3.09. The number of rotatable bonds is 7. The molecule has 31 heavy (non-hydrogen) atoms. The van der Waals surface area contributed by atoms with Crippen LogP contribution in [0.4, 0.5) is 0 Å². The van der Waals surface area contributed by atoms with Crippen LogP contribution >= 0.6 is 0 Å². The summed E-state index contributed by atoms with van der Waals surface area (Å²) in [6.07, 6.45) is 1.76. The molecule has 3 N–H and O–H groups in total. The van der Waals surface area contributed by atoms with Crippen LogP contribution in [-0.4, -0.2) is 56.6 Å². The smallest absolute Gasteiger partial charge is 0.303 e. The number of aromatic nitrogens is 2. The number of imidazole rings is 1. The lowest BCUT2D eigenvalue weighted by molar-refractivity contribution is -0.137. The van der Waals surface area contributed by atoms with Gasteiger partial charge in [-0.15, -0.1) is 0 Å². The zero-order valence-corrected chi connectivity index (χ0v) is 17.2. The van der Waals surface area contributed by atoms with Crippen LogP contribution in [0.2, 0.25) is 0 Å². The maximum absolute atomic E-state index is 12.8. The summed E-state index contributed by atoms with van der Waals surface area (Å²) in [6.45, 7) is 1.83. The number of ether oxygens (including phenoxy) is 1. The van der Waals surface area contributed by atoms with E-state index in [1.807, 2.05) is 25.4 Å². The minimum absolute atomic E-state index is 0.00567. The number of hydrogen-bond donors (Lipinski definition) is 2. The lowest BCUT2D eigenvalue weighted by Gasteiger charge is -2.24. The van der Waals surface area contributed by atoms with Crippen molar-refractivity contribution in [2.75, 3.05) is 13.2 Å². The maximum Gasteiger partial charge on any atom is 0.303 e. The highest BCUT2D eigenvalue weighted by molar-refractivity contribution is 6.01. The van der Waals surface area contributed by atoms with Gasteiger partial charge in [0.1, 0.15) is 11.9 Å². The first-order valence-electron chi connectivity index (χ1n) is 10.4. The molecule has 2 aliphatic heterocycles. The standard InChI is InChI=1S/C22H24N4O5/c1-25-8-16(24-21(25)19-14-9-31-10-15(14)19)11-2-3-13-12(6-11)7-26(22(13)30)17(20(23)29)4-5-18(27)28/h2-3,6,8,14-15,17,19H,4-5,7,9-10H2,1H3,(H2,23,29)(H,27,28). The highest BCUT2D eigenvalue weighted by Gasteiger charge is 2.56. The Morgan fingerprint density at radius 2 is 2.06 bits per heavy atom. The molecule has 0 radical (unpaired) electrons. The molecule has 1 saturated heterocycles. The Balaban J connectivity index is 1.38. The summed E-state index contributed by atoms with van der Waals surface area (Å²) in [5.41, 5.74) is 8.50. The van der Waals surface area contributed by atoms with Gasteiger partial charge in [0.15, 0.2) is 0 Å². The van der Waals surface area contributed by atoms with Gasteiger partial charge in [-0.1, -0.05) is 6.07 Å². The van der Waals surface area contributed by atoms with Gasteiger partial charge in [-0.05, 0) is 36.0 Å². The van der Waals surface area contributed by atoms with E-state index in [1.54, 1.807) is 6.07 Å². The van der Waals surface area contributed by atoms with E-state index in [-0.39, 0.29) is 25.3 Å². The number of aryl methyl sites for hydroxylation is 1. The Bertz CT molecular complexity index is 1080. The van der Waals surface area contributed by atoms with E-state index in [0.717, 1.165) is 35.9 Å². The van der Waals surface area contributed by atoms with E-state index in [1.165, 1.54) is 4.90 Å². The molecule has 1 aromatic heterocycles. The van der Waals surface area contributed by atoms with Gasteiger partial charge in [0.05, 0.1) is 18.9 Å². The van der Waals surface area contributed by atoms with E-state index in [0.29, 0.717) is 23.3 Å². The number of carboxylic acid groups (broad SMARTS) is 1. The van der Waals surface area contributed by atoms with Gasteiger partial charge < -0.3 is 25.0 Å². The van der Waals surface area contributed by atoms with Crippen molar-refractivity contribution in [2.45, 2.75) is 31.3 Å². The minimum atomic E-state index is -1.03. The number of hydrogen-bond acceptors (Lipinski definition) is 5. The van der Waals surface area contributed by atoms with Crippen molar-refractivity contribution in [3.63, 3.8) is 0 Å². The van der Waals surface area contributed by atoms with Crippen LogP contribution in [0.25, 0.3) is 11.3 Å². The summed E-state index contributed by atoms with van der Waals surface area (Å²) < 4.78 is 7.55. The quantitative estimate of drug-likeness (QED) is 0.686. The number of nitrogens with zero attached hydrogens (tertiary/aromatic N) is 3. The molecule has 1 aliphatic carbocycles. The highest BCUT2D eigenvalue weighted by Crippen LogP contribution is 2.57. The summed E-state index contributed by atoms with van der Waals surface area (Å²) in [4.78, 5) is 41.9. The summed E-state index contributed by atoms with van der Waals surface area (Å²) in [5.74, 6) is 0.612. The Kier molecular flexibility index (Phi) is 4.58. The van der Waals surface area contributed by atoms with Crippen molar-refractivity contribution in [3.8, 4) is 11.3 Å². The van der Waals surface area contributed by atoms with Crippen LogP contribution < -0.4 is 5.73 Å². The van der Waals surface area contributed by atoms with Crippen molar-refractivity contribution in [3.05, 3.63) is 41.3 Å². The number of fused-ring (bicyclic) bond motifs is 2. The number of amides is 2. The van der Waals surface area contributed by atoms with Crippen molar-refractivity contribution in [2.24, 2.45) is 24.6 Å². The Labute approximate surface area is 178 Å². The number of carbonyl (C=O) groups excluding carboxylic acids is 2. The second kappa shape index (κ2) is 7.19. The predicted octanol–water partition coefficient (Wildman–Crippen LogP) is 1.12. The largest absolute Gasteiger partial charge is 0.481 e. The van der Waals surface area contributed by atoms with Crippen LogP contribution in [-0.2, 0) is 27.9 Å².